The Kier molecular flexibility index (Phi) is 3.44. The van der Waals surface area contributed by atoms with Crippen molar-refractivity contribution in [1.82, 2.24) is 10.2 Å². The Bertz CT molecular complexity index is 420. The van der Waals surface area contributed by atoms with E-state index < -0.39 is 0 Å². The monoisotopic (exact) mass is 240 g/mol. The number of halogens is 1. The van der Waals surface area contributed by atoms with Gasteiger partial charge in [0, 0.05) is 17.1 Å². The second-order valence-corrected chi connectivity index (χ2v) is 4.62. The lowest BCUT2D eigenvalue weighted by atomic mass is 10.1. The van der Waals surface area contributed by atoms with Crippen LogP contribution in [0.25, 0.3) is 10.6 Å². The van der Waals surface area contributed by atoms with Crippen LogP contribution in [0.2, 0.25) is 0 Å². The molecule has 0 saturated heterocycles. The van der Waals surface area contributed by atoms with E-state index >= 15 is 0 Å². The quantitative estimate of drug-likeness (QED) is 0.815. The Morgan fingerprint density at radius 1 is 1.53 bits per heavy atom. The largest absolute Gasteiger partial charge is 0.282 e. The summed E-state index contributed by atoms with van der Waals surface area (Å²) in [4.78, 5) is 1.21. The molecule has 80 valence electrons. The van der Waals surface area contributed by atoms with E-state index in [0.29, 0.717) is 5.88 Å². The molecule has 0 unspecified atom stereocenters. The second kappa shape index (κ2) is 4.81. The molecule has 0 spiro atoms. The molecule has 0 aromatic carbocycles. The first-order chi connectivity index (χ1) is 7.36. The molecule has 0 aliphatic carbocycles. The minimum Gasteiger partial charge on any atom is -0.282 e. The number of nitrogens with zero attached hydrogens (tertiary/aromatic N) is 1. The van der Waals surface area contributed by atoms with Crippen molar-refractivity contribution in [2.45, 2.75) is 19.8 Å². The van der Waals surface area contributed by atoms with Gasteiger partial charge in [-0.15, -0.1) is 22.9 Å². The summed E-state index contributed by atoms with van der Waals surface area (Å²) in [5, 5.41) is 9.54. The molecule has 2 aromatic heterocycles. The van der Waals surface area contributed by atoms with Crippen molar-refractivity contribution in [3.63, 3.8) is 0 Å². The molecule has 0 bridgehead atoms. The zero-order valence-electron chi connectivity index (χ0n) is 8.59. The van der Waals surface area contributed by atoms with E-state index in [4.69, 9.17) is 11.6 Å². The number of H-pyrrole nitrogens is 1. The molecular weight excluding hydrogens is 228 g/mol. The zero-order valence-corrected chi connectivity index (χ0v) is 10.2. The van der Waals surface area contributed by atoms with Gasteiger partial charge in [-0.1, -0.05) is 13.0 Å². The first-order valence-electron chi connectivity index (χ1n) is 5.02. The molecule has 0 atom stereocenters. The Hall–Kier alpha value is -0.800. The fourth-order valence-electron chi connectivity index (χ4n) is 1.67. The highest BCUT2D eigenvalue weighted by atomic mass is 35.5. The number of thiophene rings is 1. The van der Waals surface area contributed by atoms with Crippen LogP contribution in [0.4, 0.5) is 0 Å². The summed E-state index contributed by atoms with van der Waals surface area (Å²) >= 11 is 7.53. The van der Waals surface area contributed by atoms with Crippen molar-refractivity contribution in [3.8, 4) is 10.6 Å². The van der Waals surface area contributed by atoms with Crippen LogP contribution in [-0.4, -0.2) is 16.1 Å². The third kappa shape index (κ3) is 2.08. The Morgan fingerprint density at radius 2 is 2.40 bits per heavy atom. The molecule has 0 aliphatic heterocycles. The molecule has 1 N–H and O–H groups in total. The van der Waals surface area contributed by atoms with Crippen LogP contribution in [0, 0.1) is 0 Å². The summed E-state index contributed by atoms with van der Waals surface area (Å²) in [6.07, 6.45) is 1.86. The van der Waals surface area contributed by atoms with E-state index in [0.717, 1.165) is 18.5 Å². The summed E-state index contributed by atoms with van der Waals surface area (Å²) in [6, 6.07) is 4.14. The van der Waals surface area contributed by atoms with E-state index in [1.54, 1.807) is 11.3 Å². The molecule has 15 heavy (non-hydrogen) atoms. The van der Waals surface area contributed by atoms with Gasteiger partial charge in [-0.2, -0.15) is 5.10 Å². The van der Waals surface area contributed by atoms with Crippen molar-refractivity contribution in [2.75, 3.05) is 5.88 Å². The Labute approximate surface area is 98.3 Å². The summed E-state index contributed by atoms with van der Waals surface area (Å²) in [5.41, 5.74) is 3.55. The van der Waals surface area contributed by atoms with E-state index in [1.807, 2.05) is 6.07 Å². The lowest BCUT2D eigenvalue weighted by Gasteiger charge is -2.00. The summed E-state index contributed by atoms with van der Waals surface area (Å²) in [7, 11) is 0. The van der Waals surface area contributed by atoms with Crippen molar-refractivity contribution in [2.24, 2.45) is 0 Å². The van der Waals surface area contributed by atoms with Crippen LogP contribution < -0.4 is 0 Å². The van der Waals surface area contributed by atoms with Gasteiger partial charge in [-0.3, -0.25) is 5.10 Å². The number of rotatable bonds is 4. The number of hydrogen-bond donors (Lipinski definition) is 1. The molecule has 2 heterocycles. The lowest BCUT2D eigenvalue weighted by Crippen LogP contribution is -1.92. The average Bonchev–Trinajstić information content (AvgIpc) is 2.85. The third-order valence-electron chi connectivity index (χ3n) is 2.41. The fourth-order valence-corrected chi connectivity index (χ4v) is 2.60. The molecule has 0 amide bonds. The number of aromatic amines is 1. The average molecular weight is 241 g/mol. The number of alkyl halides is 1. The maximum atomic E-state index is 5.82. The number of aryl methyl sites for hydroxylation is 1. The molecule has 0 fully saturated rings. The van der Waals surface area contributed by atoms with Gasteiger partial charge in [0.2, 0.25) is 0 Å². The summed E-state index contributed by atoms with van der Waals surface area (Å²) in [5.74, 6) is 0.644. The van der Waals surface area contributed by atoms with Gasteiger partial charge in [-0.05, 0) is 24.3 Å². The number of nitrogens with one attached hydrogen (secondary N) is 1. The smallest absolute Gasteiger partial charge is 0.105 e. The van der Waals surface area contributed by atoms with Gasteiger partial charge >= 0.3 is 0 Å². The summed E-state index contributed by atoms with van der Waals surface area (Å²) in [6.45, 7) is 2.13. The molecule has 2 rings (SSSR count). The highest BCUT2D eigenvalue weighted by Gasteiger charge is 2.13. The van der Waals surface area contributed by atoms with Gasteiger partial charge < -0.3 is 0 Å². The van der Waals surface area contributed by atoms with E-state index in [1.165, 1.54) is 16.1 Å². The Morgan fingerprint density at radius 3 is 3.00 bits per heavy atom. The Balaban J connectivity index is 2.43. The highest BCUT2D eigenvalue weighted by Crippen LogP contribution is 2.28. The molecule has 0 radical (unpaired) electrons. The van der Waals surface area contributed by atoms with Crippen molar-refractivity contribution < 1.29 is 0 Å². The molecular formula is C11H13ClN2S. The topological polar surface area (TPSA) is 28.7 Å². The van der Waals surface area contributed by atoms with Crippen LogP contribution in [0.3, 0.4) is 0 Å². The minimum absolute atomic E-state index is 0.644. The van der Waals surface area contributed by atoms with E-state index in [2.05, 4.69) is 28.6 Å². The first kappa shape index (κ1) is 10.7. The van der Waals surface area contributed by atoms with Crippen LogP contribution >= 0.6 is 22.9 Å². The number of hydrogen-bond acceptors (Lipinski definition) is 2. The molecule has 4 heteroatoms. The standard InChI is InChI=1S/C11H13ClN2S/c1-2-9-8(5-6-12)11(14-13-9)10-4-3-7-15-10/h3-4,7H,2,5-6H2,1H3,(H,13,14). The predicted molar refractivity (Wildman–Crippen MR) is 65.7 cm³/mol. The highest BCUT2D eigenvalue weighted by molar-refractivity contribution is 7.13. The van der Waals surface area contributed by atoms with Crippen LogP contribution in [0.1, 0.15) is 18.2 Å². The van der Waals surface area contributed by atoms with Gasteiger partial charge in [0.1, 0.15) is 5.69 Å². The molecule has 2 aromatic rings. The number of aromatic nitrogens is 2. The molecule has 0 saturated carbocycles. The second-order valence-electron chi connectivity index (χ2n) is 3.30. The lowest BCUT2D eigenvalue weighted by molar-refractivity contribution is 0.958. The van der Waals surface area contributed by atoms with Gasteiger partial charge in [0.25, 0.3) is 0 Å². The summed E-state index contributed by atoms with van der Waals surface area (Å²) < 4.78 is 0. The van der Waals surface area contributed by atoms with Gasteiger partial charge in [0.05, 0.1) is 4.88 Å². The fraction of sp³-hybridized carbons (Fsp3) is 0.364. The van der Waals surface area contributed by atoms with Gasteiger partial charge in [-0.25, -0.2) is 0 Å². The van der Waals surface area contributed by atoms with Crippen molar-refractivity contribution in [3.05, 3.63) is 28.8 Å². The van der Waals surface area contributed by atoms with E-state index in [-0.39, 0.29) is 0 Å². The van der Waals surface area contributed by atoms with Crippen LogP contribution in [-0.2, 0) is 12.8 Å². The maximum absolute atomic E-state index is 5.82. The molecule has 0 aliphatic rings. The van der Waals surface area contributed by atoms with Crippen molar-refractivity contribution in [1.29, 1.82) is 0 Å². The first-order valence-corrected chi connectivity index (χ1v) is 6.44. The predicted octanol–water partition coefficient (Wildman–Crippen LogP) is 3.48. The van der Waals surface area contributed by atoms with Crippen LogP contribution in [0.15, 0.2) is 17.5 Å². The maximum Gasteiger partial charge on any atom is 0.105 e. The molecule has 2 nitrogen and oxygen atoms in total. The van der Waals surface area contributed by atoms with Crippen molar-refractivity contribution >= 4 is 22.9 Å². The third-order valence-corrected chi connectivity index (χ3v) is 3.47. The van der Waals surface area contributed by atoms with Crippen LogP contribution in [0.5, 0.6) is 0 Å². The SMILES string of the molecule is CCc1[nH]nc(-c2cccs2)c1CCCl. The zero-order chi connectivity index (χ0) is 10.7. The van der Waals surface area contributed by atoms with Gasteiger partial charge in [0.15, 0.2) is 0 Å². The van der Waals surface area contributed by atoms with E-state index in [9.17, 15) is 0 Å². The normalized spacial score (nSPS) is 10.8. The minimum atomic E-state index is 0.644.